The number of nitrogens with zero attached hydrogens (tertiary/aromatic N) is 5. The molecular weight excluding hydrogens is 1150 g/mol. The summed E-state index contributed by atoms with van der Waals surface area (Å²) < 4.78 is 47.5. The van der Waals surface area contributed by atoms with Gasteiger partial charge in [0.05, 0.1) is 70.4 Å². The van der Waals surface area contributed by atoms with E-state index in [1.165, 1.54) is 34.6 Å². The zero-order chi connectivity index (χ0) is 63.9. The number of hydroxylamine groups is 2. The summed E-state index contributed by atoms with van der Waals surface area (Å²) in [6, 6.07) is -2.44. The molecule has 472 valence electrons. The van der Waals surface area contributed by atoms with Gasteiger partial charge in [0.1, 0.15) is 18.8 Å². The topological polar surface area (TPSA) is 433 Å². The molecule has 5 aliphatic rings. The lowest BCUT2D eigenvalue weighted by Crippen LogP contribution is -2.45. The predicted octanol–water partition coefficient (Wildman–Crippen LogP) is -1.47. The predicted molar refractivity (Wildman–Crippen MR) is 280 cm³/mol. The van der Waals surface area contributed by atoms with Crippen molar-refractivity contribution in [2.24, 2.45) is 0 Å². The van der Waals surface area contributed by atoms with Gasteiger partial charge in [-0.15, -0.1) is 0 Å². The molecule has 0 aromatic rings. The molecule has 10 unspecified atom stereocenters. The summed E-state index contributed by atoms with van der Waals surface area (Å²) in [4.78, 5) is 186. The molecule has 10 atom stereocenters. The van der Waals surface area contributed by atoms with Crippen LogP contribution in [0.15, 0.2) is 48.6 Å². The number of nitrogens with one attached hydrogen (secondary N) is 4. The highest BCUT2D eigenvalue weighted by Crippen LogP contribution is 2.16. The van der Waals surface area contributed by atoms with Crippen LogP contribution in [0.4, 0.5) is 24.0 Å². The Morgan fingerprint density at radius 3 is 0.965 bits per heavy atom. The molecule has 0 saturated carbocycles. The molecule has 5 aliphatic heterocycles. The highest BCUT2D eigenvalue weighted by molar-refractivity contribution is 6.15. The average Bonchev–Trinajstić information content (AvgIpc) is 3.22. The zero-order valence-corrected chi connectivity index (χ0v) is 47.9. The third-order valence-corrected chi connectivity index (χ3v) is 11.7. The number of amides is 14. The van der Waals surface area contributed by atoms with Gasteiger partial charge in [0.15, 0.2) is 24.9 Å². The Bertz CT molecular complexity index is 2630. The van der Waals surface area contributed by atoms with E-state index >= 15 is 0 Å². The molecule has 0 spiro atoms. The van der Waals surface area contributed by atoms with Crippen LogP contribution >= 0.6 is 0 Å². The van der Waals surface area contributed by atoms with Gasteiger partial charge in [-0.1, -0.05) is 5.06 Å². The van der Waals surface area contributed by atoms with E-state index in [4.69, 9.17) is 42.6 Å². The van der Waals surface area contributed by atoms with Crippen LogP contribution in [-0.4, -0.2) is 234 Å². The SMILES string of the molecule is CC(COCC(CO)OCC(C)NC(=O)OC(C)N1C(=O)C=CC1=O)NC(=O)OC(C)N1C(=O)C=CC1=O.CC(COCC(COC(=O)ON1C(=O)CCC1=O)OCC(C)NC(=O)OC(C)N1C(=O)C=CC1=O)NC(=O)OC(C)N1C(=O)C=CC1=O. The van der Waals surface area contributed by atoms with E-state index in [1.54, 1.807) is 20.8 Å². The normalized spacial score (nSPS) is 18.9. The summed E-state index contributed by atoms with van der Waals surface area (Å²) in [7, 11) is 0. The molecule has 5 N–H and O–H groups in total. The smallest absolute Gasteiger partial charge is 0.430 e. The van der Waals surface area contributed by atoms with Gasteiger partial charge >= 0.3 is 30.5 Å². The molecular formula is C51H67N9O26. The minimum Gasteiger partial charge on any atom is -0.430 e. The summed E-state index contributed by atoms with van der Waals surface area (Å²) in [5.41, 5.74) is 0. The van der Waals surface area contributed by atoms with Gasteiger partial charge in [0.2, 0.25) is 0 Å². The first-order chi connectivity index (χ1) is 40.6. The second kappa shape index (κ2) is 33.3. The highest BCUT2D eigenvalue weighted by Gasteiger charge is 2.36. The summed E-state index contributed by atoms with van der Waals surface area (Å²) in [6.07, 6.45) is -3.04. The number of aliphatic hydroxyl groups is 1. The Balaban J connectivity index is 0.000000379. The molecule has 0 bridgehead atoms. The van der Waals surface area contributed by atoms with E-state index in [0.717, 1.165) is 68.2 Å². The number of alkyl carbamates (subject to hydrolysis) is 4. The molecule has 14 amide bonds. The maximum Gasteiger partial charge on any atom is 0.534 e. The summed E-state index contributed by atoms with van der Waals surface area (Å²) in [6.45, 7) is 10.4. The Hall–Kier alpha value is -9.19. The summed E-state index contributed by atoms with van der Waals surface area (Å²) in [5.74, 6) is -6.29. The van der Waals surface area contributed by atoms with Crippen molar-refractivity contribution in [1.82, 2.24) is 45.9 Å². The molecule has 35 nitrogen and oxygen atoms in total. The average molecular weight is 1220 g/mol. The fraction of sp³-hybridized carbons (Fsp3) is 0.549. The van der Waals surface area contributed by atoms with Crippen LogP contribution in [0.3, 0.4) is 0 Å². The van der Waals surface area contributed by atoms with E-state index in [1.807, 2.05) is 0 Å². The highest BCUT2D eigenvalue weighted by atomic mass is 16.8. The first kappa shape index (κ1) is 69.3. The lowest BCUT2D eigenvalue weighted by Gasteiger charge is -2.25. The van der Waals surface area contributed by atoms with Gasteiger partial charge < -0.3 is 69.0 Å². The quantitative estimate of drug-likeness (QED) is 0.0311. The maximum absolute atomic E-state index is 12.3. The van der Waals surface area contributed by atoms with Gasteiger partial charge in [0, 0.05) is 61.4 Å². The number of hydrogen-bond donors (Lipinski definition) is 5. The fourth-order valence-corrected chi connectivity index (χ4v) is 7.55. The first-order valence-electron chi connectivity index (χ1n) is 26.4. The van der Waals surface area contributed by atoms with Gasteiger partial charge in [-0.2, -0.15) is 0 Å². The second-order valence-corrected chi connectivity index (χ2v) is 19.1. The van der Waals surface area contributed by atoms with E-state index in [9.17, 15) is 77.0 Å². The molecule has 1 saturated heterocycles. The number of carbonyl (C=O) groups is 15. The minimum atomic E-state index is -1.37. The van der Waals surface area contributed by atoms with Crippen LogP contribution in [-0.2, 0) is 95.4 Å². The van der Waals surface area contributed by atoms with Gasteiger partial charge in [-0.3, -0.25) is 52.8 Å². The standard InChI is InChI=1S/C28H35N5O15.C23H32N4O11/c1-15(29-26(40)46-17(3)31-20(34)5-6-21(31)35)11-43-13-19(14-45-28(42)48-33-24(38)9-10-25(33)39)44-12-16(2)30-27(41)47-18(4)32-22(36)7-8-23(32)37;1-13(24-22(33)37-15(3)26-18(29)5-6-19(26)30)10-35-12-17(9-28)36-11-14(2)25-23(34)38-16(4)27-20(31)7-8-21(27)32/h5-8,15-19H,9-14H2,1-4H3,(H,29,40)(H,30,41);5-8,13-17,28H,9-12H2,1-4H3,(H,24,33)(H,25,34). The third-order valence-electron chi connectivity index (χ3n) is 11.7. The molecule has 0 aromatic heterocycles. The molecule has 0 radical (unpaired) electrons. The lowest BCUT2D eigenvalue weighted by molar-refractivity contribution is -0.178. The molecule has 1 fully saturated rings. The minimum absolute atomic E-state index is 0.0119. The number of rotatable bonds is 30. The van der Waals surface area contributed by atoms with Gasteiger partial charge in [0.25, 0.3) is 59.1 Å². The number of aliphatic hydroxyl groups excluding tert-OH is 1. The third kappa shape index (κ3) is 21.8. The van der Waals surface area contributed by atoms with Crippen molar-refractivity contribution in [1.29, 1.82) is 0 Å². The van der Waals surface area contributed by atoms with Crippen molar-refractivity contribution >= 4 is 89.6 Å². The van der Waals surface area contributed by atoms with Gasteiger partial charge in [-0.25, -0.2) is 43.6 Å². The van der Waals surface area contributed by atoms with Crippen LogP contribution in [0.25, 0.3) is 0 Å². The van der Waals surface area contributed by atoms with Crippen molar-refractivity contribution in [3.63, 3.8) is 0 Å². The first-order valence-corrected chi connectivity index (χ1v) is 26.4. The Kier molecular flexibility index (Phi) is 26.9. The monoisotopic (exact) mass is 1220 g/mol. The van der Waals surface area contributed by atoms with Crippen molar-refractivity contribution in [3.05, 3.63) is 48.6 Å². The van der Waals surface area contributed by atoms with Crippen LogP contribution in [0.2, 0.25) is 0 Å². The van der Waals surface area contributed by atoms with Crippen molar-refractivity contribution in [2.45, 2.75) is 130 Å². The van der Waals surface area contributed by atoms with E-state index < -0.39 is 157 Å². The molecule has 5 rings (SSSR count). The molecule has 0 aliphatic carbocycles. The zero-order valence-electron chi connectivity index (χ0n) is 47.9. The van der Waals surface area contributed by atoms with Crippen molar-refractivity contribution in [3.8, 4) is 0 Å². The van der Waals surface area contributed by atoms with E-state index in [0.29, 0.717) is 5.06 Å². The van der Waals surface area contributed by atoms with Crippen LogP contribution in [0.5, 0.6) is 0 Å². The maximum atomic E-state index is 12.3. The van der Waals surface area contributed by atoms with Crippen molar-refractivity contribution in [2.75, 3.05) is 52.9 Å². The van der Waals surface area contributed by atoms with Crippen LogP contribution in [0.1, 0.15) is 68.2 Å². The Morgan fingerprint density at radius 2 is 0.674 bits per heavy atom. The van der Waals surface area contributed by atoms with Crippen LogP contribution < -0.4 is 21.3 Å². The van der Waals surface area contributed by atoms with E-state index in [-0.39, 0.29) is 59.1 Å². The molecule has 0 aromatic carbocycles. The Morgan fingerprint density at radius 1 is 0.407 bits per heavy atom. The number of ether oxygens (including phenoxy) is 9. The van der Waals surface area contributed by atoms with E-state index in [2.05, 4.69) is 26.1 Å². The number of imide groups is 5. The number of carbonyl (C=O) groups excluding carboxylic acids is 15. The molecule has 86 heavy (non-hydrogen) atoms. The van der Waals surface area contributed by atoms with Gasteiger partial charge in [-0.05, 0) is 55.4 Å². The summed E-state index contributed by atoms with van der Waals surface area (Å²) >= 11 is 0. The lowest BCUT2D eigenvalue weighted by atomic mass is 10.3. The second-order valence-electron chi connectivity index (χ2n) is 19.1. The number of hydrogen-bond acceptors (Lipinski definition) is 26. The molecule has 5 heterocycles. The fourth-order valence-electron chi connectivity index (χ4n) is 7.55. The largest absolute Gasteiger partial charge is 0.534 e. The van der Waals surface area contributed by atoms with Crippen LogP contribution in [0, 0.1) is 0 Å². The van der Waals surface area contributed by atoms with Crippen molar-refractivity contribution < 1.29 is 124 Å². The summed E-state index contributed by atoms with van der Waals surface area (Å²) in [5, 5.41) is 19.7. The Labute approximate surface area is 490 Å². The molecule has 35 heteroatoms.